The van der Waals surface area contributed by atoms with Gasteiger partial charge in [0.2, 0.25) is 0 Å². The normalized spacial score (nSPS) is 43.9. The molecule has 1 N–H and O–H groups in total. The minimum Gasteiger partial charge on any atom is -0.390 e. The van der Waals surface area contributed by atoms with Gasteiger partial charge in [0, 0.05) is 5.92 Å². The van der Waals surface area contributed by atoms with Crippen LogP contribution in [0, 0.1) is 47.3 Å². The summed E-state index contributed by atoms with van der Waals surface area (Å²) in [6, 6.07) is 6.16. The van der Waals surface area contributed by atoms with Crippen molar-refractivity contribution in [2.75, 3.05) is 0 Å². The SMILES string of the molecule is Cc1ccc2c(c1)nnn2CC(=O)[C@H]1CC[C@H]2[C@@H]3CC[C@@H]4C[C@](C)(O)CC[C@]4(C)[C@H]3CC[C@]12C. The number of carbonyl (C=O) groups is 1. The van der Waals surface area contributed by atoms with Crippen molar-refractivity contribution in [2.45, 2.75) is 97.6 Å². The second kappa shape index (κ2) is 7.62. The molecule has 4 fully saturated rings. The molecule has 4 aliphatic carbocycles. The molecule has 0 bridgehead atoms. The first-order valence-electron chi connectivity index (χ1n) is 13.7. The molecule has 6 rings (SSSR count). The Morgan fingerprint density at radius 1 is 1.03 bits per heavy atom. The standard InChI is InChI=1S/C29H41N3O2/c1-18-5-10-25-24(15-18)30-31-32(25)17-26(33)23-9-8-21-20-7-6-19-16-27(2,34)13-14-28(19,3)22(20)11-12-29(21,23)4/h5,10,15,19-23,34H,6-9,11-14,16-17H2,1-4H3/t19-,20+,21+,22+,23-,27-,28+,29+/m1/s1. The van der Waals surface area contributed by atoms with Crippen LogP contribution < -0.4 is 0 Å². The molecule has 5 heteroatoms. The van der Waals surface area contributed by atoms with E-state index < -0.39 is 5.60 Å². The smallest absolute Gasteiger partial charge is 0.157 e. The summed E-state index contributed by atoms with van der Waals surface area (Å²) in [5.74, 6) is 3.32. The van der Waals surface area contributed by atoms with Crippen molar-refractivity contribution in [3.8, 4) is 0 Å². The Labute approximate surface area is 203 Å². The van der Waals surface area contributed by atoms with Gasteiger partial charge in [-0.05, 0) is 124 Å². The Morgan fingerprint density at radius 2 is 1.82 bits per heavy atom. The van der Waals surface area contributed by atoms with Crippen molar-refractivity contribution in [1.82, 2.24) is 15.0 Å². The predicted octanol–water partition coefficient (Wildman–Crippen LogP) is 5.72. The molecule has 4 aliphatic rings. The molecule has 1 aromatic carbocycles. The van der Waals surface area contributed by atoms with Gasteiger partial charge in [-0.15, -0.1) is 5.10 Å². The second-order valence-corrected chi connectivity index (χ2v) is 13.2. The summed E-state index contributed by atoms with van der Waals surface area (Å²) >= 11 is 0. The fraction of sp³-hybridized carbons (Fsp3) is 0.759. The summed E-state index contributed by atoms with van der Waals surface area (Å²) in [5, 5.41) is 19.4. The third-order valence-electron chi connectivity index (χ3n) is 11.3. The van der Waals surface area contributed by atoms with Gasteiger partial charge in [-0.2, -0.15) is 0 Å². The molecular formula is C29H41N3O2. The lowest BCUT2D eigenvalue weighted by Gasteiger charge is -2.61. The quantitative estimate of drug-likeness (QED) is 0.632. The van der Waals surface area contributed by atoms with Crippen molar-refractivity contribution in [3.05, 3.63) is 23.8 Å². The van der Waals surface area contributed by atoms with Crippen LogP contribution in [0.15, 0.2) is 18.2 Å². The number of benzene rings is 1. The van der Waals surface area contributed by atoms with E-state index in [1.807, 2.05) is 23.7 Å². The summed E-state index contributed by atoms with van der Waals surface area (Å²) in [6.07, 6.45) is 10.3. The molecule has 0 aliphatic heterocycles. The van der Waals surface area contributed by atoms with Gasteiger partial charge in [-0.1, -0.05) is 25.1 Å². The molecule has 1 aromatic heterocycles. The molecule has 34 heavy (non-hydrogen) atoms. The molecule has 0 spiro atoms. The zero-order valence-electron chi connectivity index (χ0n) is 21.4. The highest BCUT2D eigenvalue weighted by Gasteiger charge is 2.61. The Bertz CT molecular complexity index is 1120. The number of aromatic nitrogens is 3. The lowest BCUT2D eigenvalue weighted by Crippen LogP contribution is -2.55. The lowest BCUT2D eigenvalue weighted by molar-refractivity contribution is -0.151. The van der Waals surface area contributed by atoms with Gasteiger partial charge in [0.25, 0.3) is 0 Å². The van der Waals surface area contributed by atoms with Crippen LogP contribution in [-0.2, 0) is 11.3 Å². The van der Waals surface area contributed by atoms with Gasteiger partial charge in [-0.3, -0.25) is 4.79 Å². The molecule has 4 saturated carbocycles. The number of aryl methyl sites for hydroxylation is 1. The highest BCUT2D eigenvalue weighted by Crippen LogP contribution is 2.68. The van der Waals surface area contributed by atoms with E-state index >= 15 is 0 Å². The van der Waals surface area contributed by atoms with Gasteiger partial charge < -0.3 is 5.11 Å². The minimum absolute atomic E-state index is 0.120. The maximum Gasteiger partial charge on any atom is 0.157 e. The van der Waals surface area contributed by atoms with Gasteiger partial charge in [-0.25, -0.2) is 4.68 Å². The number of nitrogens with zero attached hydrogens (tertiary/aromatic N) is 3. The molecule has 0 unspecified atom stereocenters. The molecule has 2 aromatic rings. The fourth-order valence-corrected chi connectivity index (χ4v) is 9.42. The van der Waals surface area contributed by atoms with E-state index in [9.17, 15) is 9.90 Å². The fourth-order valence-electron chi connectivity index (χ4n) is 9.42. The zero-order valence-corrected chi connectivity index (χ0v) is 21.4. The number of carbonyl (C=O) groups excluding carboxylic acids is 1. The molecule has 0 amide bonds. The summed E-state index contributed by atoms with van der Waals surface area (Å²) in [7, 11) is 0. The predicted molar refractivity (Wildman–Crippen MR) is 133 cm³/mol. The third-order valence-corrected chi connectivity index (χ3v) is 11.3. The topological polar surface area (TPSA) is 68.0 Å². The van der Waals surface area contributed by atoms with E-state index in [1.54, 1.807) is 0 Å². The number of Topliss-reactive ketones (excluding diaryl/α,β-unsaturated/α-hetero) is 1. The first-order valence-corrected chi connectivity index (χ1v) is 13.7. The van der Waals surface area contributed by atoms with Crippen molar-refractivity contribution >= 4 is 16.8 Å². The average Bonchev–Trinajstić information content (AvgIpc) is 3.34. The molecule has 184 valence electrons. The van der Waals surface area contributed by atoms with Crippen LogP contribution >= 0.6 is 0 Å². The highest BCUT2D eigenvalue weighted by molar-refractivity contribution is 5.84. The Balaban J connectivity index is 1.21. The summed E-state index contributed by atoms with van der Waals surface area (Å²) in [5.41, 5.74) is 3.01. The summed E-state index contributed by atoms with van der Waals surface area (Å²) in [6.45, 7) is 9.43. The largest absolute Gasteiger partial charge is 0.390 e. The van der Waals surface area contributed by atoms with Gasteiger partial charge >= 0.3 is 0 Å². The molecular weight excluding hydrogens is 422 g/mol. The number of hydrogen-bond donors (Lipinski definition) is 1. The van der Waals surface area contributed by atoms with E-state index in [1.165, 1.54) is 37.7 Å². The number of fused-ring (bicyclic) bond motifs is 6. The molecule has 0 radical (unpaired) electrons. The number of ketones is 1. The van der Waals surface area contributed by atoms with E-state index in [-0.39, 0.29) is 11.3 Å². The van der Waals surface area contributed by atoms with Crippen LogP contribution in [-0.4, -0.2) is 31.5 Å². The number of rotatable bonds is 3. The molecule has 0 saturated heterocycles. The Morgan fingerprint density at radius 3 is 2.65 bits per heavy atom. The maximum absolute atomic E-state index is 13.7. The van der Waals surface area contributed by atoms with Crippen molar-refractivity contribution in [3.63, 3.8) is 0 Å². The van der Waals surface area contributed by atoms with Crippen LogP contribution in [0.25, 0.3) is 11.0 Å². The van der Waals surface area contributed by atoms with Gasteiger partial charge in [0.15, 0.2) is 5.78 Å². The molecule has 1 heterocycles. The third kappa shape index (κ3) is 3.32. The lowest BCUT2D eigenvalue weighted by atomic mass is 9.44. The first-order chi connectivity index (χ1) is 16.1. The highest BCUT2D eigenvalue weighted by atomic mass is 16.3. The first kappa shape index (κ1) is 22.7. The average molecular weight is 464 g/mol. The monoisotopic (exact) mass is 463 g/mol. The Hall–Kier alpha value is -1.75. The molecule has 5 nitrogen and oxygen atoms in total. The maximum atomic E-state index is 13.7. The Kier molecular flexibility index (Phi) is 5.09. The van der Waals surface area contributed by atoms with E-state index in [0.29, 0.717) is 29.6 Å². The van der Waals surface area contributed by atoms with E-state index in [2.05, 4.69) is 37.1 Å². The molecule has 8 atom stereocenters. The van der Waals surface area contributed by atoms with Crippen LogP contribution in [0.2, 0.25) is 0 Å². The summed E-state index contributed by atoms with van der Waals surface area (Å²) in [4.78, 5) is 13.7. The minimum atomic E-state index is -0.477. The van der Waals surface area contributed by atoms with Gasteiger partial charge in [0.05, 0.1) is 11.1 Å². The van der Waals surface area contributed by atoms with E-state index in [0.717, 1.165) is 48.6 Å². The van der Waals surface area contributed by atoms with Crippen LogP contribution in [0.3, 0.4) is 0 Å². The number of hydrogen-bond acceptors (Lipinski definition) is 4. The van der Waals surface area contributed by atoms with Crippen LogP contribution in [0.5, 0.6) is 0 Å². The summed E-state index contributed by atoms with van der Waals surface area (Å²) < 4.78 is 1.82. The van der Waals surface area contributed by atoms with Crippen molar-refractivity contribution in [2.24, 2.45) is 40.4 Å². The van der Waals surface area contributed by atoms with Crippen LogP contribution in [0.1, 0.15) is 84.1 Å². The van der Waals surface area contributed by atoms with Crippen LogP contribution in [0.4, 0.5) is 0 Å². The zero-order chi connectivity index (χ0) is 23.9. The van der Waals surface area contributed by atoms with Crippen molar-refractivity contribution < 1.29 is 9.90 Å². The van der Waals surface area contributed by atoms with Crippen molar-refractivity contribution in [1.29, 1.82) is 0 Å². The second-order valence-electron chi connectivity index (χ2n) is 13.2. The number of aliphatic hydroxyl groups is 1. The van der Waals surface area contributed by atoms with E-state index in [4.69, 9.17) is 0 Å². The van der Waals surface area contributed by atoms with Gasteiger partial charge in [0.1, 0.15) is 12.1 Å².